The van der Waals surface area contributed by atoms with Crippen molar-refractivity contribution < 1.29 is 5.11 Å². The molecule has 0 heterocycles. The lowest BCUT2D eigenvalue weighted by atomic mass is 10.1. The first-order valence-corrected chi connectivity index (χ1v) is 5.11. The van der Waals surface area contributed by atoms with Crippen molar-refractivity contribution in [3.8, 4) is 5.75 Å². The van der Waals surface area contributed by atoms with Crippen molar-refractivity contribution in [3.63, 3.8) is 0 Å². The predicted molar refractivity (Wildman–Crippen MR) is 61.2 cm³/mol. The van der Waals surface area contributed by atoms with E-state index < -0.39 is 0 Å². The second-order valence-electron chi connectivity index (χ2n) is 3.18. The van der Waals surface area contributed by atoms with E-state index in [0.717, 1.165) is 20.8 Å². The molecule has 0 aromatic heterocycles. The van der Waals surface area contributed by atoms with Crippen LogP contribution in [0.4, 0.5) is 0 Å². The fourth-order valence-electron chi connectivity index (χ4n) is 1.49. The minimum Gasteiger partial charge on any atom is -0.507 e. The normalized spacial score (nSPS) is 10.7. The van der Waals surface area contributed by atoms with Crippen LogP contribution in [0.3, 0.4) is 0 Å². The third kappa shape index (κ3) is 1.61. The zero-order chi connectivity index (χ0) is 10.1. The van der Waals surface area contributed by atoms with Gasteiger partial charge in [-0.05, 0) is 35.2 Å². The van der Waals surface area contributed by atoms with Gasteiger partial charge in [-0.15, -0.1) is 0 Å². The van der Waals surface area contributed by atoms with Gasteiger partial charge in [0.2, 0.25) is 0 Å². The molecule has 2 nitrogen and oxygen atoms in total. The van der Waals surface area contributed by atoms with Crippen LogP contribution in [-0.4, -0.2) is 5.11 Å². The van der Waals surface area contributed by atoms with E-state index >= 15 is 0 Å². The Morgan fingerprint density at radius 3 is 2.71 bits per heavy atom. The van der Waals surface area contributed by atoms with Crippen molar-refractivity contribution in [2.45, 2.75) is 6.54 Å². The topological polar surface area (TPSA) is 46.2 Å². The Morgan fingerprint density at radius 1 is 1.21 bits per heavy atom. The molecule has 72 valence electrons. The molecule has 14 heavy (non-hydrogen) atoms. The Morgan fingerprint density at radius 2 is 2.00 bits per heavy atom. The fraction of sp³-hybridized carbons (Fsp3) is 0.0909. The number of rotatable bonds is 1. The number of hydrogen-bond donors (Lipinski definition) is 2. The third-order valence-electron chi connectivity index (χ3n) is 2.19. The Kier molecular flexibility index (Phi) is 2.44. The summed E-state index contributed by atoms with van der Waals surface area (Å²) >= 11 is 3.37. The Bertz CT molecular complexity index is 482. The third-order valence-corrected chi connectivity index (χ3v) is 2.68. The van der Waals surface area contributed by atoms with E-state index in [1.54, 1.807) is 6.07 Å². The molecule has 3 N–H and O–H groups in total. The first-order valence-electron chi connectivity index (χ1n) is 4.32. The van der Waals surface area contributed by atoms with Gasteiger partial charge >= 0.3 is 0 Å². The van der Waals surface area contributed by atoms with E-state index in [4.69, 9.17) is 5.73 Å². The molecule has 2 rings (SSSR count). The van der Waals surface area contributed by atoms with Crippen LogP contribution >= 0.6 is 15.9 Å². The van der Waals surface area contributed by atoms with Gasteiger partial charge in [-0.25, -0.2) is 0 Å². The van der Waals surface area contributed by atoms with Crippen LogP contribution in [0, 0.1) is 0 Å². The number of halogens is 1. The van der Waals surface area contributed by atoms with Gasteiger partial charge in [0.15, 0.2) is 0 Å². The van der Waals surface area contributed by atoms with Crippen LogP contribution in [0.2, 0.25) is 0 Å². The summed E-state index contributed by atoms with van der Waals surface area (Å²) in [6.07, 6.45) is 0. The highest BCUT2D eigenvalue weighted by Crippen LogP contribution is 2.28. The lowest BCUT2D eigenvalue weighted by Crippen LogP contribution is -1.95. The van der Waals surface area contributed by atoms with Crippen LogP contribution in [0.5, 0.6) is 5.75 Å². The van der Waals surface area contributed by atoms with Crippen molar-refractivity contribution >= 4 is 26.7 Å². The molecule has 0 radical (unpaired) electrons. The maximum absolute atomic E-state index is 9.73. The van der Waals surface area contributed by atoms with Gasteiger partial charge in [0.25, 0.3) is 0 Å². The SMILES string of the molecule is NCc1cc(O)c2cc(Br)ccc2c1. The maximum Gasteiger partial charge on any atom is 0.123 e. The fourth-order valence-corrected chi connectivity index (χ4v) is 1.85. The minimum absolute atomic E-state index is 0.282. The van der Waals surface area contributed by atoms with Gasteiger partial charge in [-0.1, -0.05) is 22.0 Å². The first kappa shape index (κ1) is 9.49. The largest absolute Gasteiger partial charge is 0.507 e. The quantitative estimate of drug-likeness (QED) is 0.819. The summed E-state index contributed by atoms with van der Waals surface area (Å²) in [5, 5.41) is 11.6. The van der Waals surface area contributed by atoms with Crippen LogP contribution in [0.1, 0.15) is 5.56 Å². The predicted octanol–water partition coefficient (Wildman–Crippen LogP) is 2.77. The van der Waals surface area contributed by atoms with Crippen LogP contribution in [-0.2, 0) is 6.54 Å². The van der Waals surface area contributed by atoms with E-state index in [9.17, 15) is 5.11 Å². The molecule has 2 aromatic carbocycles. The van der Waals surface area contributed by atoms with Gasteiger partial charge in [-0.3, -0.25) is 0 Å². The Hall–Kier alpha value is -1.06. The molecule has 0 saturated carbocycles. The molecule has 0 aliphatic carbocycles. The molecule has 0 amide bonds. The lowest BCUT2D eigenvalue weighted by molar-refractivity contribution is 0.481. The molecule has 0 fully saturated rings. The van der Waals surface area contributed by atoms with Crippen molar-refractivity contribution in [2.24, 2.45) is 5.73 Å². The van der Waals surface area contributed by atoms with E-state index in [2.05, 4.69) is 15.9 Å². The van der Waals surface area contributed by atoms with Crippen LogP contribution in [0.15, 0.2) is 34.8 Å². The standard InChI is InChI=1S/C11H10BrNO/c12-9-2-1-8-3-7(6-13)4-11(14)10(8)5-9/h1-5,14H,6,13H2. The van der Waals surface area contributed by atoms with Crippen molar-refractivity contribution in [1.82, 2.24) is 0 Å². The number of benzene rings is 2. The van der Waals surface area contributed by atoms with Crippen molar-refractivity contribution in [2.75, 3.05) is 0 Å². The lowest BCUT2D eigenvalue weighted by Gasteiger charge is -2.04. The summed E-state index contributed by atoms with van der Waals surface area (Å²) in [7, 11) is 0. The Balaban J connectivity index is 2.76. The number of nitrogens with two attached hydrogens (primary N) is 1. The zero-order valence-corrected chi connectivity index (χ0v) is 9.08. The Labute approximate surface area is 90.5 Å². The van der Waals surface area contributed by atoms with Gasteiger partial charge in [0, 0.05) is 16.4 Å². The number of phenols is 1. The summed E-state index contributed by atoms with van der Waals surface area (Å²) in [6, 6.07) is 9.49. The molecular weight excluding hydrogens is 242 g/mol. The zero-order valence-electron chi connectivity index (χ0n) is 7.50. The number of phenolic OH excluding ortho intramolecular Hbond substituents is 1. The highest BCUT2D eigenvalue weighted by molar-refractivity contribution is 9.10. The number of hydrogen-bond acceptors (Lipinski definition) is 2. The molecule has 2 aromatic rings. The van der Waals surface area contributed by atoms with E-state index in [1.807, 2.05) is 24.3 Å². The van der Waals surface area contributed by atoms with E-state index in [0.29, 0.717) is 6.54 Å². The summed E-state index contributed by atoms with van der Waals surface area (Å²) < 4.78 is 0.959. The molecular formula is C11H10BrNO. The molecule has 0 atom stereocenters. The summed E-state index contributed by atoms with van der Waals surface area (Å²) in [5.74, 6) is 0.282. The highest BCUT2D eigenvalue weighted by atomic mass is 79.9. The summed E-state index contributed by atoms with van der Waals surface area (Å²) in [5.41, 5.74) is 6.46. The smallest absolute Gasteiger partial charge is 0.123 e. The van der Waals surface area contributed by atoms with Crippen molar-refractivity contribution in [1.29, 1.82) is 0 Å². The minimum atomic E-state index is 0.282. The molecule has 0 aliphatic rings. The summed E-state index contributed by atoms with van der Waals surface area (Å²) in [6.45, 7) is 0.444. The van der Waals surface area contributed by atoms with Gasteiger partial charge < -0.3 is 10.8 Å². The average Bonchev–Trinajstić information content (AvgIpc) is 2.19. The monoisotopic (exact) mass is 251 g/mol. The van der Waals surface area contributed by atoms with E-state index in [1.165, 1.54) is 0 Å². The van der Waals surface area contributed by atoms with E-state index in [-0.39, 0.29) is 5.75 Å². The van der Waals surface area contributed by atoms with Crippen LogP contribution < -0.4 is 5.73 Å². The van der Waals surface area contributed by atoms with Gasteiger partial charge in [-0.2, -0.15) is 0 Å². The second-order valence-corrected chi connectivity index (χ2v) is 4.10. The van der Waals surface area contributed by atoms with Gasteiger partial charge in [0.05, 0.1) is 0 Å². The average molecular weight is 252 g/mol. The number of aromatic hydroxyl groups is 1. The molecule has 0 spiro atoms. The summed E-state index contributed by atoms with van der Waals surface area (Å²) in [4.78, 5) is 0. The number of fused-ring (bicyclic) bond motifs is 1. The molecule has 0 bridgehead atoms. The maximum atomic E-state index is 9.73. The van der Waals surface area contributed by atoms with Gasteiger partial charge in [0.1, 0.15) is 5.75 Å². The highest BCUT2D eigenvalue weighted by Gasteiger charge is 2.02. The van der Waals surface area contributed by atoms with Crippen LogP contribution in [0.25, 0.3) is 10.8 Å². The second kappa shape index (κ2) is 3.59. The molecule has 0 aliphatic heterocycles. The molecule has 3 heteroatoms. The first-order chi connectivity index (χ1) is 6.70. The molecule has 0 unspecified atom stereocenters. The van der Waals surface area contributed by atoms with Crippen molar-refractivity contribution in [3.05, 3.63) is 40.4 Å². The molecule has 0 saturated heterocycles.